The van der Waals surface area contributed by atoms with Gasteiger partial charge in [0.15, 0.2) is 17.3 Å². The zero-order valence-electron chi connectivity index (χ0n) is 18.5. The Morgan fingerprint density at radius 3 is 2.58 bits per heavy atom. The first-order chi connectivity index (χ1) is 16.0. The van der Waals surface area contributed by atoms with E-state index in [0.29, 0.717) is 17.1 Å². The summed E-state index contributed by atoms with van der Waals surface area (Å²) in [6, 6.07) is 16.9. The molecule has 0 amide bonds. The number of phenols is 1. The maximum absolute atomic E-state index is 14.4. The smallest absolute Gasteiger partial charge is 0.194 e. The molecule has 2 N–H and O–H groups in total. The van der Waals surface area contributed by atoms with Crippen LogP contribution in [-0.2, 0) is 4.74 Å². The number of morpholine rings is 1. The standard InChI is InChI=1S/C25H25FN4O3/c1-16-4-3-5-22-28-23(17-14-20(26)24(31)21(15-17)32-2)25(30(16)22)27-18-6-8-19(9-7-18)29-10-12-33-13-11-29/h3-9,14-15,27,31H,10-13H2,1-2H3. The van der Waals surface area contributed by atoms with Crippen LogP contribution in [0.15, 0.2) is 54.6 Å². The van der Waals surface area contributed by atoms with Crippen molar-refractivity contribution in [1.82, 2.24) is 9.38 Å². The number of fused-ring (bicyclic) bond motifs is 1. The number of methoxy groups -OCH3 is 1. The molecule has 3 heterocycles. The van der Waals surface area contributed by atoms with Crippen molar-refractivity contribution in [2.45, 2.75) is 6.92 Å². The number of hydrogen-bond acceptors (Lipinski definition) is 6. The molecule has 8 heteroatoms. The van der Waals surface area contributed by atoms with Gasteiger partial charge in [0, 0.05) is 35.7 Å². The predicted octanol–water partition coefficient (Wildman–Crippen LogP) is 4.74. The van der Waals surface area contributed by atoms with Gasteiger partial charge in [-0.1, -0.05) is 6.07 Å². The number of anilines is 3. The molecule has 1 fully saturated rings. The summed E-state index contributed by atoms with van der Waals surface area (Å²) >= 11 is 0. The molecule has 0 unspecified atom stereocenters. The van der Waals surface area contributed by atoms with Crippen LogP contribution in [0.5, 0.6) is 11.5 Å². The lowest BCUT2D eigenvalue weighted by molar-refractivity contribution is 0.122. The second kappa shape index (κ2) is 8.63. The summed E-state index contributed by atoms with van der Waals surface area (Å²) in [7, 11) is 1.39. The van der Waals surface area contributed by atoms with Gasteiger partial charge in [-0.25, -0.2) is 9.37 Å². The highest BCUT2D eigenvalue weighted by atomic mass is 19.1. The van der Waals surface area contributed by atoms with Gasteiger partial charge in [-0.3, -0.25) is 4.40 Å². The fraction of sp³-hybridized carbons (Fsp3) is 0.240. The maximum atomic E-state index is 14.4. The number of pyridine rings is 1. The summed E-state index contributed by atoms with van der Waals surface area (Å²) < 4.78 is 27.0. The Morgan fingerprint density at radius 1 is 1.09 bits per heavy atom. The first kappa shape index (κ1) is 21.1. The lowest BCUT2D eigenvalue weighted by atomic mass is 10.1. The predicted molar refractivity (Wildman–Crippen MR) is 126 cm³/mol. The van der Waals surface area contributed by atoms with Crippen LogP contribution in [0.25, 0.3) is 16.9 Å². The van der Waals surface area contributed by atoms with Crippen molar-refractivity contribution >= 4 is 22.8 Å². The lowest BCUT2D eigenvalue weighted by Gasteiger charge is -2.29. The summed E-state index contributed by atoms with van der Waals surface area (Å²) in [5.74, 6) is -0.526. The molecule has 0 saturated carbocycles. The van der Waals surface area contributed by atoms with E-state index in [1.165, 1.54) is 13.2 Å². The minimum Gasteiger partial charge on any atom is -0.502 e. The van der Waals surface area contributed by atoms with Gasteiger partial charge in [0.25, 0.3) is 0 Å². The molecule has 2 aromatic heterocycles. The topological polar surface area (TPSA) is 71.3 Å². The van der Waals surface area contributed by atoms with E-state index >= 15 is 0 Å². The third-order valence-corrected chi connectivity index (χ3v) is 5.87. The quantitative estimate of drug-likeness (QED) is 0.459. The molecule has 7 nitrogen and oxygen atoms in total. The summed E-state index contributed by atoms with van der Waals surface area (Å²) in [5.41, 5.74) is 4.78. The number of phenolic OH excluding ortho intramolecular Hbond substituents is 1. The zero-order valence-corrected chi connectivity index (χ0v) is 18.5. The molecule has 1 aliphatic heterocycles. The monoisotopic (exact) mass is 448 g/mol. The van der Waals surface area contributed by atoms with E-state index in [2.05, 4.69) is 22.3 Å². The molecule has 0 aliphatic carbocycles. The number of nitrogens with one attached hydrogen (secondary N) is 1. The summed E-state index contributed by atoms with van der Waals surface area (Å²) in [6.07, 6.45) is 0. The van der Waals surface area contributed by atoms with Crippen LogP contribution >= 0.6 is 0 Å². The van der Waals surface area contributed by atoms with Gasteiger partial charge >= 0.3 is 0 Å². The molecule has 0 radical (unpaired) electrons. The molecule has 1 saturated heterocycles. The molecule has 0 bridgehead atoms. The highest BCUT2D eigenvalue weighted by Gasteiger charge is 2.20. The molecule has 0 spiro atoms. The van der Waals surface area contributed by atoms with Crippen LogP contribution in [0.1, 0.15) is 5.69 Å². The number of hydrogen-bond donors (Lipinski definition) is 2. The normalized spacial score (nSPS) is 14.0. The van der Waals surface area contributed by atoms with Crippen LogP contribution in [-0.4, -0.2) is 47.9 Å². The van der Waals surface area contributed by atoms with Crippen molar-refractivity contribution in [1.29, 1.82) is 0 Å². The van der Waals surface area contributed by atoms with Crippen LogP contribution in [0.3, 0.4) is 0 Å². The van der Waals surface area contributed by atoms with Crippen molar-refractivity contribution in [3.05, 3.63) is 66.1 Å². The number of rotatable bonds is 5. The second-order valence-corrected chi connectivity index (χ2v) is 7.95. The SMILES string of the molecule is COc1cc(-c2nc3cccc(C)n3c2Nc2ccc(N3CCOCC3)cc2)cc(F)c1O. The molecule has 4 aromatic rings. The Balaban J connectivity index is 1.57. The summed E-state index contributed by atoms with van der Waals surface area (Å²) in [6.45, 7) is 5.20. The van der Waals surface area contributed by atoms with E-state index in [9.17, 15) is 9.50 Å². The van der Waals surface area contributed by atoms with E-state index < -0.39 is 11.6 Å². The molecule has 33 heavy (non-hydrogen) atoms. The highest BCUT2D eigenvalue weighted by molar-refractivity contribution is 5.81. The van der Waals surface area contributed by atoms with Crippen molar-refractivity contribution < 1.29 is 19.0 Å². The zero-order chi connectivity index (χ0) is 22.9. The number of imidazole rings is 1. The Labute approximate surface area is 191 Å². The lowest BCUT2D eigenvalue weighted by Crippen LogP contribution is -2.36. The Kier molecular flexibility index (Phi) is 5.51. The maximum Gasteiger partial charge on any atom is 0.194 e. The van der Waals surface area contributed by atoms with Gasteiger partial charge in [-0.2, -0.15) is 0 Å². The molecular weight excluding hydrogens is 423 g/mol. The van der Waals surface area contributed by atoms with Crippen molar-refractivity contribution in [2.75, 3.05) is 43.6 Å². The number of aryl methyl sites for hydroxylation is 1. The van der Waals surface area contributed by atoms with Gasteiger partial charge in [0.05, 0.1) is 20.3 Å². The minimum absolute atomic E-state index is 0.0552. The van der Waals surface area contributed by atoms with E-state index in [1.54, 1.807) is 6.07 Å². The first-order valence-corrected chi connectivity index (χ1v) is 10.8. The Hall–Kier alpha value is -3.78. The number of benzene rings is 2. The number of halogens is 1. The van der Waals surface area contributed by atoms with Crippen LogP contribution in [0.4, 0.5) is 21.6 Å². The van der Waals surface area contributed by atoms with Gasteiger partial charge in [-0.15, -0.1) is 0 Å². The largest absolute Gasteiger partial charge is 0.502 e. The van der Waals surface area contributed by atoms with E-state index in [0.717, 1.165) is 49.0 Å². The minimum atomic E-state index is -0.765. The van der Waals surface area contributed by atoms with Crippen LogP contribution < -0.4 is 15.0 Å². The number of ether oxygens (including phenoxy) is 2. The third kappa shape index (κ3) is 3.93. The highest BCUT2D eigenvalue weighted by Crippen LogP contribution is 2.38. The number of nitrogens with zero attached hydrogens (tertiary/aromatic N) is 3. The third-order valence-electron chi connectivity index (χ3n) is 5.87. The summed E-state index contributed by atoms with van der Waals surface area (Å²) in [5, 5.41) is 13.4. The molecule has 1 aliphatic rings. The van der Waals surface area contributed by atoms with E-state index in [-0.39, 0.29) is 5.75 Å². The molecule has 2 aromatic carbocycles. The number of aromatic nitrogens is 2. The van der Waals surface area contributed by atoms with E-state index in [4.69, 9.17) is 14.5 Å². The first-order valence-electron chi connectivity index (χ1n) is 10.8. The van der Waals surface area contributed by atoms with Crippen molar-refractivity contribution in [2.24, 2.45) is 0 Å². The molecule has 5 rings (SSSR count). The van der Waals surface area contributed by atoms with E-state index in [1.807, 2.05) is 41.7 Å². The Morgan fingerprint density at radius 2 is 1.85 bits per heavy atom. The molecular formula is C25H25FN4O3. The second-order valence-electron chi connectivity index (χ2n) is 7.95. The Bertz CT molecular complexity index is 1300. The van der Waals surface area contributed by atoms with Crippen molar-refractivity contribution in [3.63, 3.8) is 0 Å². The average molecular weight is 448 g/mol. The number of aromatic hydroxyl groups is 1. The molecule has 0 atom stereocenters. The van der Waals surface area contributed by atoms with Crippen LogP contribution in [0, 0.1) is 12.7 Å². The van der Waals surface area contributed by atoms with Crippen molar-refractivity contribution in [3.8, 4) is 22.8 Å². The summed E-state index contributed by atoms with van der Waals surface area (Å²) in [4.78, 5) is 7.05. The van der Waals surface area contributed by atoms with Gasteiger partial charge in [-0.05, 0) is 55.5 Å². The van der Waals surface area contributed by atoms with Gasteiger partial charge in [0.1, 0.15) is 17.2 Å². The van der Waals surface area contributed by atoms with Gasteiger partial charge < -0.3 is 24.8 Å². The fourth-order valence-electron chi connectivity index (χ4n) is 4.15. The fourth-order valence-corrected chi connectivity index (χ4v) is 4.15. The van der Waals surface area contributed by atoms with Crippen LogP contribution in [0.2, 0.25) is 0 Å². The molecule has 170 valence electrons. The van der Waals surface area contributed by atoms with Gasteiger partial charge in [0.2, 0.25) is 0 Å². The average Bonchev–Trinajstić information content (AvgIpc) is 3.21.